The lowest BCUT2D eigenvalue weighted by molar-refractivity contribution is -0.119. The summed E-state index contributed by atoms with van der Waals surface area (Å²) in [6.45, 7) is -1.04. The summed E-state index contributed by atoms with van der Waals surface area (Å²) in [6, 6.07) is 16.2. The van der Waals surface area contributed by atoms with Crippen LogP contribution in [0.3, 0.4) is 0 Å². The van der Waals surface area contributed by atoms with Gasteiger partial charge in [-0.15, -0.1) is 0 Å². The van der Waals surface area contributed by atoms with Crippen molar-refractivity contribution >= 4 is 23.2 Å². The van der Waals surface area contributed by atoms with Crippen LogP contribution in [0.2, 0.25) is 5.02 Å². The largest absolute Gasteiger partial charge is 0.435 e. The number of alkyl halides is 2. The number of carbonyl (C=O) groups excluding carboxylic acids is 1. The molecule has 0 saturated heterocycles. The van der Waals surface area contributed by atoms with E-state index in [1.54, 1.807) is 59.0 Å². The van der Waals surface area contributed by atoms with Crippen molar-refractivity contribution < 1.29 is 18.3 Å². The molecule has 3 aromatic heterocycles. The molecule has 1 amide bonds. The third kappa shape index (κ3) is 6.34. The summed E-state index contributed by atoms with van der Waals surface area (Å²) in [6.07, 6.45) is 6.68. The van der Waals surface area contributed by atoms with Gasteiger partial charge < -0.3 is 10.1 Å². The molecule has 6 rings (SSSR count). The molecule has 9 nitrogen and oxygen atoms in total. The quantitative estimate of drug-likeness (QED) is 0.225. The first kappa shape index (κ1) is 30.1. The number of hydrogen-bond donors (Lipinski definition) is 1. The third-order valence-electron chi connectivity index (χ3n) is 7.97. The summed E-state index contributed by atoms with van der Waals surface area (Å²) in [4.78, 5) is 36.1. The van der Waals surface area contributed by atoms with Crippen molar-refractivity contribution in [3.8, 4) is 39.4 Å². The number of nitrogens with zero attached hydrogens (tertiary/aromatic N) is 5. The first-order valence-electron chi connectivity index (χ1n) is 14.4. The van der Waals surface area contributed by atoms with Crippen LogP contribution >= 0.6 is 11.6 Å². The molecular formula is C33H29ClF2N6O3. The van der Waals surface area contributed by atoms with Crippen molar-refractivity contribution in [1.29, 1.82) is 0 Å². The molecule has 0 aliphatic carbocycles. The number of rotatable bonds is 5. The molecule has 1 aliphatic rings. The molecule has 0 radical (unpaired) electrons. The van der Waals surface area contributed by atoms with E-state index in [0.29, 0.717) is 58.1 Å². The van der Waals surface area contributed by atoms with Crippen LogP contribution in [0.4, 0.5) is 14.5 Å². The Morgan fingerprint density at radius 2 is 1.78 bits per heavy atom. The standard InChI is InChI=1S/C33H29ClF2N6O3/c1-19-4-3-5-29(27-14-21(12-13-37-27)31-28(40-32(19)44)17-39-41(31)2)42-18-38-26(16-30(42)43)25-15-22(34)8-11-24(25)20-6-9-23(10-7-20)45-33(35)36/h6-19,29,33H,3-5H2,1-2H3,(H,40,44)/t19-,29+/m1/s1. The van der Waals surface area contributed by atoms with Gasteiger partial charge >= 0.3 is 6.61 Å². The summed E-state index contributed by atoms with van der Waals surface area (Å²) in [5.74, 6) is -0.305. The highest BCUT2D eigenvalue weighted by atomic mass is 35.5. The van der Waals surface area contributed by atoms with Crippen LogP contribution in [0.1, 0.15) is 37.9 Å². The van der Waals surface area contributed by atoms with Crippen molar-refractivity contribution in [2.75, 3.05) is 5.32 Å². The number of hydrogen-bond acceptors (Lipinski definition) is 6. The Morgan fingerprint density at radius 1 is 0.978 bits per heavy atom. The molecule has 45 heavy (non-hydrogen) atoms. The van der Waals surface area contributed by atoms with E-state index >= 15 is 0 Å². The molecule has 4 heterocycles. The fourth-order valence-electron chi connectivity index (χ4n) is 5.67. The number of fused-ring (bicyclic) bond motifs is 4. The van der Waals surface area contributed by atoms with Gasteiger partial charge in [0.2, 0.25) is 5.91 Å². The van der Waals surface area contributed by atoms with E-state index in [-0.39, 0.29) is 23.1 Å². The number of benzene rings is 2. The molecule has 0 saturated carbocycles. The lowest BCUT2D eigenvalue weighted by Crippen LogP contribution is -2.27. The first-order chi connectivity index (χ1) is 21.7. The minimum absolute atomic E-state index is 0.0364. The second-order valence-electron chi connectivity index (χ2n) is 10.9. The maximum Gasteiger partial charge on any atom is 0.387 e. The molecule has 1 aliphatic heterocycles. The monoisotopic (exact) mass is 630 g/mol. The molecule has 0 fully saturated rings. The number of amides is 1. The average molecular weight is 631 g/mol. The number of anilines is 1. The number of nitrogens with one attached hydrogen (secondary N) is 1. The van der Waals surface area contributed by atoms with E-state index in [2.05, 4.69) is 25.1 Å². The van der Waals surface area contributed by atoms with Crippen molar-refractivity contribution in [2.24, 2.45) is 13.0 Å². The number of aryl methyl sites for hydroxylation is 1. The number of aromatic nitrogens is 5. The molecule has 0 unspecified atom stereocenters. The van der Waals surface area contributed by atoms with Gasteiger partial charge in [0.15, 0.2) is 0 Å². The van der Waals surface area contributed by atoms with Crippen molar-refractivity contribution in [1.82, 2.24) is 24.3 Å². The predicted octanol–water partition coefficient (Wildman–Crippen LogP) is 6.98. The fourth-order valence-corrected chi connectivity index (χ4v) is 5.84. The van der Waals surface area contributed by atoms with E-state index in [1.807, 2.05) is 19.1 Å². The Bertz CT molecular complexity index is 1920. The Balaban J connectivity index is 1.40. The van der Waals surface area contributed by atoms with Gasteiger partial charge in [-0.3, -0.25) is 23.8 Å². The molecule has 2 aromatic carbocycles. The smallest absolute Gasteiger partial charge is 0.387 e. The van der Waals surface area contributed by atoms with E-state index in [4.69, 9.17) is 11.6 Å². The van der Waals surface area contributed by atoms with Crippen molar-refractivity contribution in [3.63, 3.8) is 0 Å². The second kappa shape index (κ2) is 12.6. The lowest BCUT2D eigenvalue weighted by atomic mass is 9.96. The highest BCUT2D eigenvalue weighted by Gasteiger charge is 2.24. The van der Waals surface area contributed by atoms with Crippen LogP contribution in [-0.2, 0) is 11.8 Å². The van der Waals surface area contributed by atoms with Gasteiger partial charge in [-0.2, -0.15) is 13.9 Å². The summed E-state index contributed by atoms with van der Waals surface area (Å²) in [5, 5.41) is 7.81. The Hall–Kier alpha value is -4.90. The fraction of sp³-hybridized carbons (Fsp3) is 0.242. The minimum Gasteiger partial charge on any atom is -0.435 e. The number of ether oxygens (including phenoxy) is 1. The van der Waals surface area contributed by atoms with Gasteiger partial charge in [0.05, 0.1) is 41.3 Å². The molecule has 5 aromatic rings. The number of pyridine rings is 1. The Morgan fingerprint density at radius 3 is 2.53 bits per heavy atom. The van der Waals surface area contributed by atoms with Crippen LogP contribution in [0, 0.1) is 5.92 Å². The van der Waals surface area contributed by atoms with Crippen LogP contribution in [0.5, 0.6) is 5.75 Å². The summed E-state index contributed by atoms with van der Waals surface area (Å²) >= 11 is 6.36. The molecule has 2 bridgehead atoms. The molecule has 0 spiro atoms. The first-order valence-corrected chi connectivity index (χ1v) is 14.8. The normalized spacial score (nSPS) is 16.8. The third-order valence-corrected chi connectivity index (χ3v) is 8.21. The maximum absolute atomic E-state index is 13.8. The maximum atomic E-state index is 13.8. The van der Waals surface area contributed by atoms with Gasteiger partial charge in [-0.1, -0.05) is 43.1 Å². The van der Waals surface area contributed by atoms with Crippen LogP contribution in [0.25, 0.3) is 33.6 Å². The predicted molar refractivity (Wildman–Crippen MR) is 167 cm³/mol. The van der Waals surface area contributed by atoms with E-state index in [0.717, 1.165) is 11.3 Å². The Kier molecular flexibility index (Phi) is 8.44. The average Bonchev–Trinajstić information content (AvgIpc) is 3.38. The van der Waals surface area contributed by atoms with Gasteiger partial charge in [0.25, 0.3) is 5.56 Å². The minimum atomic E-state index is -2.92. The van der Waals surface area contributed by atoms with Crippen LogP contribution in [-0.4, -0.2) is 36.8 Å². The van der Waals surface area contributed by atoms with Crippen molar-refractivity contribution in [2.45, 2.75) is 38.8 Å². The summed E-state index contributed by atoms with van der Waals surface area (Å²) in [7, 11) is 1.81. The van der Waals surface area contributed by atoms with Gasteiger partial charge in [0, 0.05) is 41.4 Å². The molecule has 1 N–H and O–H groups in total. The molecule has 12 heteroatoms. The summed E-state index contributed by atoms with van der Waals surface area (Å²) in [5.41, 5.74) is 4.99. The summed E-state index contributed by atoms with van der Waals surface area (Å²) < 4.78 is 33.0. The van der Waals surface area contributed by atoms with E-state index < -0.39 is 12.7 Å². The second-order valence-corrected chi connectivity index (χ2v) is 11.4. The lowest BCUT2D eigenvalue weighted by Gasteiger charge is -2.22. The van der Waals surface area contributed by atoms with Crippen LogP contribution < -0.4 is 15.6 Å². The van der Waals surface area contributed by atoms with Crippen LogP contribution in [0.15, 0.2) is 84.2 Å². The zero-order chi connectivity index (χ0) is 31.7. The molecule has 230 valence electrons. The SMILES string of the molecule is C[C@@H]1CCC[C@H](n2cnc(-c3cc(Cl)ccc3-c3ccc(OC(F)F)cc3)cc2=O)c2cc(ccn2)-c2c(cnn2C)NC1=O. The number of halogens is 3. The number of carbonyl (C=O) groups is 1. The topological polar surface area (TPSA) is 104 Å². The highest BCUT2D eigenvalue weighted by Crippen LogP contribution is 2.35. The van der Waals surface area contributed by atoms with Gasteiger partial charge in [-0.05, 0) is 60.4 Å². The van der Waals surface area contributed by atoms with Crippen molar-refractivity contribution in [3.05, 3.63) is 100 Å². The molecular weight excluding hydrogens is 602 g/mol. The van der Waals surface area contributed by atoms with E-state index in [1.165, 1.54) is 24.5 Å². The van der Waals surface area contributed by atoms with E-state index in [9.17, 15) is 18.4 Å². The molecule has 2 atom stereocenters. The van der Waals surface area contributed by atoms with Gasteiger partial charge in [-0.25, -0.2) is 4.98 Å². The van der Waals surface area contributed by atoms with Gasteiger partial charge in [0.1, 0.15) is 5.75 Å². The zero-order valence-electron chi connectivity index (χ0n) is 24.5. The zero-order valence-corrected chi connectivity index (χ0v) is 25.2. The Labute approximate surface area is 262 Å². The highest BCUT2D eigenvalue weighted by molar-refractivity contribution is 6.31.